The fourth-order valence-electron chi connectivity index (χ4n) is 2.34. The maximum atomic E-state index is 12.9. The van der Waals surface area contributed by atoms with Gasteiger partial charge in [0.1, 0.15) is 0 Å². The second kappa shape index (κ2) is 4.82. The molecule has 0 radical (unpaired) electrons. The van der Waals surface area contributed by atoms with Gasteiger partial charge in [-0.05, 0) is 19.4 Å². The number of amides is 1. The van der Waals surface area contributed by atoms with Crippen LogP contribution in [0.2, 0.25) is 0 Å². The molecular formula is C12H13F3N6O. The highest BCUT2D eigenvalue weighted by atomic mass is 19.4. The third-order valence-electron chi connectivity index (χ3n) is 3.67. The van der Waals surface area contributed by atoms with Crippen molar-refractivity contribution in [1.82, 2.24) is 25.1 Å². The zero-order chi connectivity index (χ0) is 16.1. The van der Waals surface area contributed by atoms with Crippen molar-refractivity contribution in [2.75, 3.05) is 11.9 Å². The molecule has 10 heteroatoms. The molecule has 1 unspecified atom stereocenters. The third-order valence-corrected chi connectivity index (χ3v) is 3.67. The molecule has 1 amide bonds. The summed E-state index contributed by atoms with van der Waals surface area (Å²) in [5.41, 5.74) is 1.29. The van der Waals surface area contributed by atoms with Gasteiger partial charge in [-0.25, -0.2) is 0 Å². The summed E-state index contributed by atoms with van der Waals surface area (Å²) in [5.74, 6) is -0.987. The van der Waals surface area contributed by atoms with Crippen molar-refractivity contribution < 1.29 is 18.0 Å². The number of halogens is 3. The maximum absolute atomic E-state index is 12.9. The number of anilines is 1. The molecule has 0 aliphatic carbocycles. The number of alkyl halides is 3. The average Bonchev–Trinajstić information content (AvgIpc) is 3.01. The van der Waals surface area contributed by atoms with Crippen LogP contribution in [0.5, 0.6) is 0 Å². The molecule has 1 aliphatic rings. The van der Waals surface area contributed by atoms with Crippen LogP contribution in [0.1, 0.15) is 23.4 Å². The molecule has 22 heavy (non-hydrogen) atoms. The first-order valence-corrected chi connectivity index (χ1v) is 6.60. The topological polar surface area (TPSA) is 84.2 Å². The van der Waals surface area contributed by atoms with E-state index in [-0.39, 0.29) is 29.8 Å². The normalized spacial score (nSPS) is 18.8. The molecule has 1 saturated heterocycles. The maximum Gasteiger partial charge on any atom is 0.453 e. The minimum absolute atomic E-state index is 0.0657. The lowest BCUT2D eigenvalue weighted by atomic mass is 10.1. The van der Waals surface area contributed by atoms with Crippen LogP contribution >= 0.6 is 0 Å². The van der Waals surface area contributed by atoms with E-state index < -0.39 is 12.0 Å². The Labute approximate surface area is 122 Å². The Kier molecular flexibility index (Phi) is 3.18. The molecule has 118 valence electrons. The fraction of sp³-hybridized carbons (Fsp3) is 0.500. The molecule has 3 heterocycles. The number of hydrogen-bond acceptors (Lipinski definition) is 5. The number of carbonyl (C=O) groups excluding carboxylic acids is 1. The molecular weight excluding hydrogens is 301 g/mol. The highest BCUT2D eigenvalue weighted by Gasteiger charge is 2.38. The van der Waals surface area contributed by atoms with E-state index in [1.54, 1.807) is 13.8 Å². The Balaban J connectivity index is 2.06. The van der Waals surface area contributed by atoms with E-state index in [0.717, 1.165) is 0 Å². The monoisotopic (exact) mass is 314 g/mol. The fourth-order valence-corrected chi connectivity index (χ4v) is 2.34. The molecule has 2 aromatic rings. The van der Waals surface area contributed by atoms with Crippen LogP contribution in [-0.2, 0) is 11.0 Å². The molecule has 3 rings (SSSR count). The second-order valence-electron chi connectivity index (χ2n) is 5.20. The van der Waals surface area contributed by atoms with E-state index >= 15 is 0 Å². The summed E-state index contributed by atoms with van der Waals surface area (Å²) in [7, 11) is 0. The van der Waals surface area contributed by atoms with Gasteiger partial charge in [-0.2, -0.15) is 17.7 Å². The highest BCUT2D eigenvalue weighted by Crippen LogP contribution is 2.29. The number of nitrogens with one attached hydrogen (secondary N) is 2. The first-order valence-electron chi connectivity index (χ1n) is 6.60. The number of aryl methyl sites for hydroxylation is 1. The van der Waals surface area contributed by atoms with E-state index in [2.05, 4.69) is 25.9 Å². The van der Waals surface area contributed by atoms with E-state index in [0.29, 0.717) is 22.2 Å². The molecule has 2 N–H and O–H groups in total. The zero-order valence-electron chi connectivity index (χ0n) is 11.8. The van der Waals surface area contributed by atoms with E-state index in [4.69, 9.17) is 0 Å². The number of fused-ring (bicyclic) bond motifs is 1. The third kappa shape index (κ3) is 2.34. The second-order valence-corrected chi connectivity index (χ2v) is 5.20. The number of nitrogens with zero attached hydrogens (tertiary/aromatic N) is 4. The van der Waals surface area contributed by atoms with Crippen molar-refractivity contribution in [1.29, 1.82) is 0 Å². The molecule has 1 atom stereocenters. The predicted molar refractivity (Wildman–Crippen MR) is 70.3 cm³/mol. The molecule has 2 aromatic heterocycles. The lowest BCUT2D eigenvalue weighted by molar-refractivity contribution is -0.146. The summed E-state index contributed by atoms with van der Waals surface area (Å²) in [4.78, 5) is 11.2. The minimum Gasteiger partial charge on any atom is -0.363 e. The number of hydrogen-bond donors (Lipinski definition) is 2. The summed E-state index contributed by atoms with van der Waals surface area (Å²) in [6.07, 6.45) is -4.39. The molecule has 0 bridgehead atoms. The van der Waals surface area contributed by atoms with Crippen LogP contribution in [-0.4, -0.2) is 38.3 Å². The molecule has 0 saturated carbocycles. The predicted octanol–water partition coefficient (Wildman–Crippen LogP) is 1.06. The highest BCUT2D eigenvalue weighted by molar-refractivity contribution is 5.79. The summed E-state index contributed by atoms with van der Waals surface area (Å²) in [6, 6.07) is -0.207. The van der Waals surface area contributed by atoms with Gasteiger partial charge in [0.15, 0.2) is 11.5 Å². The van der Waals surface area contributed by atoms with E-state index in [1.807, 2.05) is 0 Å². The Morgan fingerprint density at radius 1 is 1.27 bits per heavy atom. The van der Waals surface area contributed by atoms with Gasteiger partial charge < -0.3 is 10.6 Å². The van der Waals surface area contributed by atoms with Gasteiger partial charge in [0, 0.05) is 18.5 Å². The zero-order valence-corrected chi connectivity index (χ0v) is 11.8. The summed E-state index contributed by atoms with van der Waals surface area (Å²) in [5, 5.41) is 16.4. The van der Waals surface area contributed by atoms with Crippen molar-refractivity contribution in [3.8, 4) is 0 Å². The Hall–Kier alpha value is -2.39. The van der Waals surface area contributed by atoms with Crippen molar-refractivity contribution in [3.63, 3.8) is 0 Å². The molecule has 0 spiro atoms. The number of carbonyl (C=O) groups is 1. The van der Waals surface area contributed by atoms with E-state index in [1.165, 1.54) is 0 Å². The quantitative estimate of drug-likeness (QED) is 0.866. The Bertz CT molecular complexity index is 753. The van der Waals surface area contributed by atoms with Gasteiger partial charge in [-0.3, -0.25) is 4.79 Å². The standard InChI is InChI=1S/C12H13F3N6O/c1-5-6(2)10-18-19-11(12(13,14)15)21(10)20-9(5)17-7-3-8(22)16-4-7/h7H,3-4H2,1-2H3,(H,16,22)(H,17,20). The molecule has 7 nitrogen and oxygen atoms in total. The first kappa shape index (κ1) is 14.5. The van der Waals surface area contributed by atoms with Crippen LogP contribution < -0.4 is 10.6 Å². The summed E-state index contributed by atoms with van der Waals surface area (Å²) < 4.78 is 39.5. The minimum atomic E-state index is -4.64. The van der Waals surface area contributed by atoms with Gasteiger partial charge >= 0.3 is 6.18 Å². The first-order chi connectivity index (χ1) is 10.3. The van der Waals surface area contributed by atoms with Crippen LogP contribution in [0, 0.1) is 13.8 Å². The summed E-state index contributed by atoms with van der Waals surface area (Å²) in [6.45, 7) is 3.80. The smallest absolute Gasteiger partial charge is 0.363 e. The largest absolute Gasteiger partial charge is 0.453 e. The SMILES string of the molecule is Cc1c(NC2CNC(=O)C2)nn2c(C(F)(F)F)nnc2c1C. The lowest BCUT2D eigenvalue weighted by Gasteiger charge is -2.15. The van der Waals surface area contributed by atoms with Crippen LogP contribution in [0.25, 0.3) is 5.65 Å². The Morgan fingerprint density at radius 3 is 2.59 bits per heavy atom. The van der Waals surface area contributed by atoms with Gasteiger partial charge in [-0.15, -0.1) is 15.3 Å². The van der Waals surface area contributed by atoms with Crippen molar-refractivity contribution in [3.05, 3.63) is 17.0 Å². The van der Waals surface area contributed by atoms with Crippen molar-refractivity contribution in [2.24, 2.45) is 0 Å². The van der Waals surface area contributed by atoms with Crippen molar-refractivity contribution >= 4 is 17.4 Å². The molecule has 0 aromatic carbocycles. The number of rotatable bonds is 2. The van der Waals surface area contributed by atoms with Crippen LogP contribution in [0.15, 0.2) is 0 Å². The molecule has 1 fully saturated rings. The van der Waals surface area contributed by atoms with Gasteiger partial charge in [0.25, 0.3) is 5.82 Å². The number of aromatic nitrogens is 4. The van der Waals surface area contributed by atoms with E-state index in [9.17, 15) is 18.0 Å². The summed E-state index contributed by atoms with van der Waals surface area (Å²) >= 11 is 0. The van der Waals surface area contributed by atoms with Crippen LogP contribution in [0.3, 0.4) is 0 Å². The van der Waals surface area contributed by atoms with Gasteiger partial charge in [0.05, 0.1) is 6.04 Å². The molecule has 1 aliphatic heterocycles. The van der Waals surface area contributed by atoms with Crippen LogP contribution in [0.4, 0.5) is 19.0 Å². The van der Waals surface area contributed by atoms with Gasteiger partial charge in [-0.1, -0.05) is 0 Å². The van der Waals surface area contributed by atoms with Gasteiger partial charge in [0.2, 0.25) is 5.91 Å². The van der Waals surface area contributed by atoms with Crippen molar-refractivity contribution in [2.45, 2.75) is 32.5 Å². The lowest BCUT2D eigenvalue weighted by Crippen LogP contribution is -2.24. The average molecular weight is 314 g/mol. The Morgan fingerprint density at radius 2 is 2.00 bits per heavy atom.